The van der Waals surface area contributed by atoms with Gasteiger partial charge in [0.2, 0.25) is 12.5 Å². The van der Waals surface area contributed by atoms with Gasteiger partial charge in [-0.05, 0) is 37.1 Å². The molecule has 0 saturated heterocycles. The van der Waals surface area contributed by atoms with Crippen molar-refractivity contribution in [1.82, 2.24) is 10.2 Å². The molecule has 1 atom stereocenters. The number of rotatable bonds is 6. The number of hydrogen-bond acceptors (Lipinski definition) is 6. The normalized spacial score (nSPS) is 17.5. The summed E-state index contributed by atoms with van der Waals surface area (Å²) in [7, 11) is 1.52. The Bertz CT molecular complexity index is 1030. The van der Waals surface area contributed by atoms with E-state index in [9.17, 15) is 9.59 Å². The third kappa shape index (κ3) is 3.88. The molecule has 2 amide bonds. The molecule has 2 aromatic carbocycles. The third-order valence-electron chi connectivity index (χ3n) is 5.29. The predicted molar refractivity (Wildman–Crippen MR) is 112 cm³/mol. The van der Waals surface area contributed by atoms with Gasteiger partial charge in [0.05, 0.1) is 31.9 Å². The number of fused-ring (bicyclic) bond motifs is 1. The van der Waals surface area contributed by atoms with Crippen LogP contribution in [-0.4, -0.2) is 37.4 Å². The first-order chi connectivity index (χ1) is 15.0. The molecule has 0 aromatic heterocycles. The van der Waals surface area contributed by atoms with Crippen LogP contribution in [0, 0.1) is 0 Å². The molecule has 2 aromatic rings. The zero-order valence-electron chi connectivity index (χ0n) is 17.6. The highest BCUT2D eigenvalue weighted by Gasteiger charge is 2.37. The highest BCUT2D eigenvalue weighted by Crippen LogP contribution is 2.44. The van der Waals surface area contributed by atoms with E-state index in [-0.39, 0.29) is 19.4 Å². The minimum atomic E-state index is -0.720. The van der Waals surface area contributed by atoms with Crippen LogP contribution in [0.25, 0.3) is 0 Å². The molecule has 0 spiro atoms. The smallest absolute Gasteiger partial charge is 0.338 e. The lowest BCUT2D eigenvalue weighted by atomic mass is 9.94. The molecular weight excluding hydrogens is 400 g/mol. The molecule has 2 aliphatic heterocycles. The predicted octanol–water partition coefficient (Wildman–Crippen LogP) is 3.53. The Hall–Kier alpha value is -3.68. The van der Waals surface area contributed by atoms with Gasteiger partial charge in [0.25, 0.3) is 0 Å². The first kappa shape index (κ1) is 20.6. The van der Waals surface area contributed by atoms with Crippen molar-refractivity contribution in [3.63, 3.8) is 0 Å². The number of allylic oxidation sites excluding steroid dienone is 1. The van der Waals surface area contributed by atoms with Crippen molar-refractivity contribution in [2.45, 2.75) is 26.4 Å². The van der Waals surface area contributed by atoms with Crippen LogP contribution in [0.1, 0.15) is 31.0 Å². The van der Waals surface area contributed by atoms with Crippen molar-refractivity contribution in [1.29, 1.82) is 0 Å². The van der Waals surface area contributed by atoms with Crippen LogP contribution in [0.5, 0.6) is 17.2 Å². The van der Waals surface area contributed by atoms with E-state index in [4.69, 9.17) is 18.9 Å². The molecule has 8 nitrogen and oxygen atoms in total. The maximum atomic E-state index is 13.0. The Morgan fingerprint density at radius 1 is 1.23 bits per heavy atom. The van der Waals surface area contributed by atoms with E-state index in [1.807, 2.05) is 30.3 Å². The van der Waals surface area contributed by atoms with Crippen molar-refractivity contribution in [2.24, 2.45) is 0 Å². The average Bonchev–Trinajstić information content (AvgIpc) is 3.25. The molecule has 8 heteroatoms. The quantitative estimate of drug-likeness (QED) is 0.714. The Morgan fingerprint density at radius 2 is 2.00 bits per heavy atom. The van der Waals surface area contributed by atoms with Gasteiger partial charge in [-0.1, -0.05) is 30.3 Å². The van der Waals surface area contributed by atoms with Gasteiger partial charge < -0.3 is 24.3 Å². The molecule has 0 saturated carbocycles. The monoisotopic (exact) mass is 424 g/mol. The molecular formula is C23H24N2O6. The minimum Gasteiger partial charge on any atom is -0.493 e. The number of hydrogen-bond donors (Lipinski definition) is 1. The second kappa shape index (κ2) is 8.59. The van der Waals surface area contributed by atoms with Crippen molar-refractivity contribution < 1.29 is 28.5 Å². The zero-order chi connectivity index (χ0) is 22.0. The van der Waals surface area contributed by atoms with Crippen LogP contribution in [-0.2, 0) is 16.1 Å². The number of benzene rings is 2. The van der Waals surface area contributed by atoms with Gasteiger partial charge in [-0.25, -0.2) is 9.59 Å². The Labute approximate surface area is 180 Å². The van der Waals surface area contributed by atoms with Crippen LogP contribution >= 0.6 is 0 Å². The molecule has 2 heterocycles. The Kier molecular flexibility index (Phi) is 5.70. The molecule has 162 valence electrons. The van der Waals surface area contributed by atoms with Gasteiger partial charge in [0.1, 0.15) is 0 Å². The molecule has 31 heavy (non-hydrogen) atoms. The molecule has 0 fully saturated rings. The van der Waals surface area contributed by atoms with Crippen molar-refractivity contribution in [3.05, 3.63) is 64.9 Å². The van der Waals surface area contributed by atoms with Crippen LogP contribution in [0.2, 0.25) is 0 Å². The second-order valence-corrected chi connectivity index (χ2v) is 7.13. The lowest BCUT2D eigenvalue weighted by molar-refractivity contribution is -0.139. The molecule has 0 radical (unpaired) electrons. The van der Waals surface area contributed by atoms with Crippen molar-refractivity contribution in [3.8, 4) is 17.2 Å². The van der Waals surface area contributed by atoms with Crippen LogP contribution in [0.15, 0.2) is 53.7 Å². The van der Waals surface area contributed by atoms with Crippen LogP contribution in [0.4, 0.5) is 4.79 Å². The summed E-state index contributed by atoms with van der Waals surface area (Å²) in [4.78, 5) is 27.5. The van der Waals surface area contributed by atoms with Gasteiger partial charge in [-0.2, -0.15) is 0 Å². The number of urea groups is 1. The van der Waals surface area contributed by atoms with Gasteiger partial charge in [-0.3, -0.25) is 4.90 Å². The van der Waals surface area contributed by atoms with Crippen molar-refractivity contribution in [2.75, 3.05) is 20.5 Å². The van der Waals surface area contributed by atoms with E-state index in [1.54, 1.807) is 30.9 Å². The van der Waals surface area contributed by atoms with E-state index >= 15 is 0 Å². The van der Waals surface area contributed by atoms with E-state index in [0.717, 1.165) is 5.56 Å². The van der Waals surface area contributed by atoms with Crippen LogP contribution < -0.4 is 19.5 Å². The fourth-order valence-electron chi connectivity index (χ4n) is 3.78. The number of carbonyl (C=O) groups is 2. The van der Waals surface area contributed by atoms with E-state index in [0.29, 0.717) is 40.6 Å². The third-order valence-corrected chi connectivity index (χ3v) is 5.29. The first-order valence-corrected chi connectivity index (χ1v) is 10.0. The van der Waals surface area contributed by atoms with Gasteiger partial charge in [-0.15, -0.1) is 0 Å². The fraction of sp³-hybridized carbons (Fsp3) is 0.304. The highest BCUT2D eigenvalue weighted by atomic mass is 16.7. The van der Waals surface area contributed by atoms with E-state index in [1.165, 1.54) is 7.11 Å². The number of ether oxygens (including phenoxy) is 4. The number of amides is 2. The summed E-state index contributed by atoms with van der Waals surface area (Å²) >= 11 is 0. The number of carbonyl (C=O) groups excluding carboxylic acids is 2. The van der Waals surface area contributed by atoms with Gasteiger partial charge in [0.15, 0.2) is 11.5 Å². The molecule has 0 aliphatic carbocycles. The number of esters is 1. The summed E-state index contributed by atoms with van der Waals surface area (Å²) in [5.74, 6) is 0.972. The molecule has 1 unspecified atom stereocenters. The largest absolute Gasteiger partial charge is 0.493 e. The number of methoxy groups -OCH3 is 1. The van der Waals surface area contributed by atoms with E-state index < -0.39 is 12.0 Å². The summed E-state index contributed by atoms with van der Waals surface area (Å²) < 4.78 is 21.7. The standard InChI is InChI=1S/C23H24N2O6/c1-4-29-22(26)19-14(2)25(12-15-8-6-5-7-9-15)23(27)24-20(19)16-10-17(28-3)21-18(11-16)30-13-31-21/h5-11,20H,4,12-13H2,1-3H3,(H,24,27). The summed E-state index contributed by atoms with van der Waals surface area (Å²) in [6, 6.07) is 12.0. The highest BCUT2D eigenvalue weighted by molar-refractivity contribution is 5.95. The zero-order valence-corrected chi connectivity index (χ0v) is 17.6. The lowest BCUT2D eigenvalue weighted by Crippen LogP contribution is -2.47. The fourth-order valence-corrected chi connectivity index (χ4v) is 3.78. The molecule has 0 bridgehead atoms. The first-order valence-electron chi connectivity index (χ1n) is 10.0. The summed E-state index contributed by atoms with van der Waals surface area (Å²) in [5.41, 5.74) is 2.48. The summed E-state index contributed by atoms with van der Waals surface area (Å²) in [6.45, 7) is 4.13. The number of nitrogens with one attached hydrogen (secondary N) is 1. The topological polar surface area (TPSA) is 86.3 Å². The maximum Gasteiger partial charge on any atom is 0.338 e. The SMILES string of the molecule is CCOC(=O)C1=C(C)N(Cc2ccccc2)C(=O)NC1c1cc(OC)c2c(c1)OCO2. The summed E-state index contributed by atoms with van der Waals surface area (Å²) in [5, 5.41) is 2.94. The molecule has 4 rings (SSSR count). The lowest BCUT2D eigenvalue weighted by Gasteiger charge is -2.35. The van der Waals surface area contributed by atoms with Crippen molar-refractivity contribution >= 4 is 12.0 Å². The molecule has 2 aliphatic rings. The summed E-state index contributed by atoms with van der Waals surface area (Å²) in [6.07, 6.45) is 0. The maximum absolute atomic E-state index is 13.0. The average molecular weight is 424 g/mol. The Morgan fingerprint density at radius 3 is 2.71 bits per heavy atom. The van der Waals surface area contributed by atoms with Gasteiger partial charge >= 0.3 is 12.0 Å². The second-order valence-electron chi connectivity index (χ2n) is 7.13. The van der Waals surface area contributed by atoms with E-state index in [2.05, 4.69) is 5.32 Å². The van der Waals surface area contributed by atoms with Gasteiger partial charge in [0, 0.05) is 5.70 Å². The Balaban J connectivity index is 1.77. The molecule has 1 N–H and O–H groups in total. The van der Waals surface area contributed by atoms with Crippen LogP contribution in [0.3, 0.4) is 0 Å². The number of nitrogens with zero attached hydrogens (tertiary/aromatic N) is 1. The minimum absolute atomic E-state index is 0.0800.